The topological polar surface area (TPSA) is 3.24 Å². The number of rotatable bonds is 1. The van der Waals surface area contributed by atoms with Gasteiger partial charge in [0, 0.05) is 18.8 Å². The van der Waals surface area contributed by atoms with Crippen molar-refractivity contribution in [2.45, 2.75) is 12.8 Å². The molecule has 68 valence electrons. The lowest BCUT2D eigenvalue weighted by Gasteiger charge is -2.29. The van der Waals surface area contributed by atoms with E-state index in [1.807, 2.05) is 0 Å². The third kappa shape index (κ3) is 1.92. The molecule has 0 spiro atoms. The van der Waals surface area contributed by atoms with E-state index >= 15 is 0 Å². The highest BCUT2D eigenvalue weighted by Gasteiger charge is 2.11. The molecule has 0 N–H and O–H groups in total. The molecule has 1 heteroatoms. The molecule has 0 amide bonds. The van der Waals surface area contributed by atoms with Gasteiger partial charge in [-0.2, -0.15) is 0 Å². The maximum atomic E-state index is 4.02. The molecular weight excluding hydrogens is 158 g/mol. The van der Waals surface area contributed by atoms with Crippen LogP contribution in [0.25, 0.3) is 0 Å². The molecule has 0 aliphatic carbocycles. The Balaban J connectivity index is 2.07. The number of hydrogen-bond acceptors (Lipinski definition) is 1. The molecule has 1 aromatic rings. The van der Waals surface area contributed by atoms with Crippen molar-refractivity contribution in [3.05, 3.63) is 42.5 Å². The number of anilines is 1. The second-order valence-corrected chi connectivity index (χ2v) is 3.57. The molecular formula is C12H15N. The van der Waals surface area contributed by atoms with Crippen molar-refractivity contribution < 1.29 is 0 Å². The minimum atomic E-state index is 1.13. The largest absolute Gasteiger partial charge is 0.371 e. The van der Waals surface area contributed by atoms with Gasteiger partial charge in [0.25, 0.3) is 0 Å². The number of nitrogens with zero attached hydrogens (tertiary/aromatic N) is 1. The van der Waals surface area contributed by atoms with Gasteiger partial charge in [-0.25, -0.2) is 0 Å². The van der Waals surface area contributed by atoms with Crippen molar-refractivity contribution >= 4 is 5.69 Å². The SMILES string of the molecule is C=C1CCN(c2ccccc2)CC1. The van der Waals surface area contributed by atoms with Crippen LogP contribution in [0, 0.1) is 0 Å². The van der Waals surface area contributed by atoms with Gasteiger partial charge in [-0.05, 0) is 25.0 Å². The van der Waals surface area contributed by atoms with E-state index in [-0.39, 0.29) is 0 Å². The van der Waals surface area contributed by atoms with Gasteiger partial charge in [-0.15, -0.1) is 0 Å². The van der Waals surface area contributed by atoms with Gasteiger partial charge in [-0.3, -0.25) is 0 Å². The highest BCUT2D eigenvalue weighted by atomic mass is 15.1. The molecule has 0 radical (unpaired) electrons. The first-order valence-electron chi connectivity index (χ1n) is 4.83. The molecule has 0 atom stereocenters. The van der Waals surface area contributed by atoms with Gasteiger partial charge < -0.3 is 4.90 Å². The first kappa shape index (κ1) is 8.36. The fourth-order valence-corrected chi connectivity index (χ4v) is 1.72. The Hall–Kier alpha value is -1.24. The third-order valence-electron chi connectivity index (χ3n) is 2.59. The summed E-state index contributed by atoms with van der Waals surface area (Å²) in [5.41, 5.74) is 2.74. The smallest absolute Gasteiger partial charge is 0.0366 e. The summed E-state index contributed by atoms with van der Waals surface area (Å²) in [6.45, 7) is 6.27. The molecule has 0 aromatic heterocycles. The van der Waals surface area contributed by atoms with E-state index in [4.69, 9.17) is 0 Å². The van der Waals surface area contributed by atoms with E-state index in [9.17, 15) is 0 Å². The van der Waals surface area contributed by atoms with E-state index in [0.29, 0.717) is 0 Å². The molecule has 2 rings (SSSR count). The lowest BCUT2D eigenvalue weighted by molar-refractivity contribution is 0.687. The first-order valence-corrected chi connectivity index (χ1v) is 4.83. The van der Waals surface area contributed by atoms with E-state index in [1.54, 1.807) is 0 Å². The van der Waals surface area contributed by atoms with E-state index in [2.05, 4.69) is 41.8 Å². The summed E-state index contributed by atoms with van der Waals surface area (Å²) in [6, 6.07) is 10.6. The molecule has 0 bridgehead atoms. The number of benzene rings is 1. The monoisotopic (exact) mass is 173 g/mol. The second kappa shape index (κ2) is 3.65. The fourth-order valence-electron chi connectivity index (χ4n) is 1.72. The predicted molar refractivity (Wildman–Crippen MR) is 57.0 cm³/mol. The first-order chi connectivity index (χ1) is 6.36. The Kier molecular flexibility index (Phi) is 2.35. The average molecular weight is 173 g/mol. The van der Waals surface area contributed by atoms with Crippen LogP contribution in [-0.2, 0) is 0 Å². The summed E-state index contributed by atoms with van der Waals surface area (Å²) < 4.78 is 0. The number of para-hydroxylation sites is 1. The fraction of sp³-hybridized carbons (Fsp3) is 0.333. The molecule has 1 nitrogen and oxygen atoms in total. The summed E-state index contributed by atoms with van der Waals surface area (Å²) in [7, 11) is 0. The van der Waals surface area contributed by atoms with Crippen LogP contribution in [-0.4, -0.2) is 13.1 Å². The molecule has 1 heterocycles. The van der Waals surface area contributed by atoms with Crippen LogP contribution in [0.2, 0.25) is 0 Å². The highest BCUT2D eigenvalue weighted by Crippen LogP contribution is 2.20. The maximum Gasteiger partial charge on any atom is 0.0366 e. The van der Waals surface area contributed by atoms with Gasteiger partial charge >= 0.3 is 0 Å². The van der Waals surface area contributed by atoms with Gasteiger partial charge in [-0.1, -0.05) is 30.4 Å². The average Bonchev–Trinajstić information content (AvgIpc) is 2.20. The Bertz CT molecular complexity index is 279. The second-order valence-electron chi connectivity index (χ2n) is 3.57. The van der Waals surface area contributed by atoms with Crippen LogP contribution in [0.5, 0.6) is 0 Å². The zero-order chi connectivity index (χ0) is 9.10. The van der Waals surface area contributed by atoms with Crippen LogP contribution in [0.3, 0.4) is 0 Å². The normalized spacial score (nSPS) is 17.5. The Morgan fingerprint density at radius 1 is 1.00 bits per heavy atom. The zero-order valence-electron chi connectivity index (χ0n) is 7.87. The van der Waals surface area contributed by atoms with Crippen molar-refractivity contribution in [3.8, 4) is 0 Å². The molecule has 1 fully saturated rings. The quantitative estimate of drug-likeness (QED) is 0.590. The van der Waals surface area contributed by atoms with Crippen molar-refractivity contribution in [1.29, 1.82) is 0 Å². The van der Waals surface area contributed by atoms with Crippen molar-refractivity contribution in [1.82, 2.24) is 0 Å². The minimum absolute atomic E-state index is 1.13. The highest BCUT2D eigenvalue weighted by molar-refractivity contribution is 5.46. The van der Waals surface area contributed by atoms with Crippen LogP contribution in [0.4, 0.5) is 5.69 Å². The predicted octanol–water partition coefficient (Wildman–Crippen LogP) is 2.84. The van der Waals surface area contributed by atoms with Crippen molar-refractivity contribution in [3.63, 3.8) is 0 Å². The minimum Gasteiger partial charge on any atom is -0.371 e. The van der Waals surface area contributed by atoms with Crippen molar-refractivity contribution in [2.75, 3.05) is 18.0 Å². The van der Waals surface area contributed by atoms with E-state index in [1.165, 1.54) is 11.3 Å². The zero-order valence-corrected chi connectivity index (χ0v) is 7.87. The Morgan fingerprint density at radius 3 is 2.23 bits per heavy atom. The van der Waals surface area contributed by atoms with E-state index in [0.717, 1.165) is 25.9 Å². The molecule has 1 saturated heterocycles. The molecule has 0 saturated carbocycles. The van der Waals surface area contributed by atoms with Crippen LogP contribution in [0.1, 0.15) is 12.8 Å². The summed E-state index contributed by atoms with van der Waals surface area (Å²) in [4.78, 5) is 2.43. The lowest BCUT2D eigenvalue weighted by Crippen LogP contribution is -2.30. The maximum absolute atomic E-state index is 4.02. The van der Waals surface area contributed by atoms with Crippen LogP contribution in [0.15, 0.2) is 42.5 Å². The third-order valence-corrected chi connectivity index (χ3v) is 2.59. The summed E-state index contributed by atoms with van der Waals surface area (Å²) >= 11 is 0. The van der Waals surface area contributed by atoms with Gasteiger partial charge in [0.05, 0.1) is 0 Å². The van der Waals surface area contributed by atoms with Gasteiger partial charge in [0.15, 0.2) is 0 Å². The summed E-state index contributed by atoms with van der Waals surface area (Å²) in [6.07, 6.45) is 2.30. The lowest BCUT2D eigenvalue weighted by atomic mass is 10.1. The van der Waals surface area contributed by atoms with Gasteiger partial charge in [0.2, 0.25) is 0 Å². The molecule has 1 aliphatic rings. The Labute approximate surface area is 79.7 Å². The van der Waals surface area contributed by atoms with Crippen molar-refractivity contribution in [2.24, 2.45) is 0 Å². The number of hydrogen-bond donors (Lipinski definition) is 0. The standard InChI is InChI=1S/C12H15N/c1-11-7-9-13(10-8-11)12-5-3-2-4-6-12/h2-6H,1,7-10H2. The molecule has 0 unspecified atom stereocenters. The summed E-state index contributed by atoms with van der Waals surface area (Å²) in [5, 5.41) is 0. The summed E-state index contributed by atoms with van der Waals surface area (Å²) in [5.74, 6) is 0. The molecule has 1 aromatic carbocycles. The molecule has 1 aliphatic heterocycles. The van der Waals surface area contributed by atoms with E-state index < -0.39 is 0 Å². The molecule has 13 heavy (non-hydrogen) atoms. The van der Waals surface area contributed by atoms with Crippen LogP contribution < -0.4 is 4.90 Å². The Morgan fingerprint density at radius 2 is 1.62 bits per heavy atom. The van der Waals surface area contributed by atoms with Gasteiger partial charge in [0.1, 0.15) is 0 Å². The number of piperidine rings is 1. The van der Waals surface area contributed by atoms with Crippen LogP contribution >= 0.6 is 0 Å².